The van der Waals surface area contributed by atoms with Crippen LogP contribution >= 0.6 is 11.5 Å². The average molecular weight is 379 g/mol. The van der Waals surface area contributed by atoms with Crippen molar-refractivity contribution < 1.29 is 18.0 Å². The van der Waals surface area contributed by atoms with E-state index in [4.69, 9.17) is 5.73 Å². The molecule has 0 aliphatic heterocycles. The SMILES string of the molecule is NC(=O)c1cccc(-c2nc(=O)n(Cc3cccc(C(F)(F)F)c3)s2)c1. The van der Waals surface area contributed by atoms with Crippen LogP contribution in [-0.4, -0.2) is 14.8 Å². The molecular weight excluding hydrogens is 367 g/mol. The first-order chi connectivity index (χ1) is 12.2. The van der Waals surface area contributed by atoms with Gasteiger partial charge in [0, 0.05) is 11.1 Å². The molecule has 2 N–H and O–H groups in total. The molecule has 0 fully saturated rings. The highest BCUT2D eigenvalue weighted by Gasteiger charge is 2.30. The predicted octanol–water partition coefficient (Wildman–Crippen LogP) is 3.14. The van der Waals surface area contributed by atoms with Gasteiger partial charge in [0.05, 0.1) is 12.1 Å². The first-order valence-electron chi connectivity index (χ1n) is 7.38. The van der Waals surface area contributed by atoms with Crippen molar-refractivity contribution in [1.29, 1.82) is 0 Å². The fourth-order valence-electron chi connectivity index (χ4n) is 2.34. The quantitative estimate of drug-likeness (QED) is 0.757. The van der Waals surface area contributed by atoms with Gasteiger partial charge in [-0.05, 0) is 41.4 Å². The molecule has 0 bridgehead atoms. The lowest BCUT2D eigenvalue weighted by Crippen LogP contribution is -2.16. The highest BCUT2D eigenvalue weighted by Crippen LogP contribution is 2.30. The number of carbonyl (C=O) groups is 1. The maximum absolute atomic E-state index is 12.8. The minimum Gasteiger partial charge on any atom is -0.366 e. The van der Waals surface area contributed by atoms with Gasteiger partial charge in [0.2, 0.25) is 5.91 Å². The monoisotopic (exact) mass is 379 g/mol. The average Bonchev–Trinajstić information content (AvgIpc) is 2.95. The number of nitrogens with two attached hydrogens (primary N) is 1. The van der Waals surface area contributed by atoms with Crippen LogP contribution in [0, 0.1) is 0 Å². The molecule has 0 unspecified atom stereocenters. The Morgan fingerprint density at radius 1 is 1.15 bits per heavy atom. The summed E-state index contributed by atoms with van der Waals surface area (Å²) >= 11 is 1.00. The zero-order chi connectivity index (χ0) is 18.9. The zero-order valence-electron chi connectivity index (χ0n) is 13.2. The van der Waals surface area contributed by atoms with E-state index in [2.05, 4.69) is 4.98 Å². The Labute approximate surface area is 149 Å². The molecule has 9 heteroatoms. The van der Waals surface area contributed by atoms with Gasteiger partial charge < -0.3 is 5.73 Å². The van der Waals surface area contributed by atoms with Crippen molar-refractivity contribution in [2.75, 3.05) is 0 Å². The maximum Gasteiger partial charge on any atom is 0.416 e. The third kappa shape index (κ3) is 3.83. The van der Waals surface area contributed by atoms with Gasteiger partial charge in [-0.25, -0.2) is 8.75 Å². The van der Waals surface area contributed by atoms with Gasteiger partial charge in [-0.2, -0.15) is 18.2 Å². The molecule has 3 rings (SSSR count). The van der Waals surface area contributed by atoms with Crippen molar-refractivity contribution in [1.82, 2.24) is 8.94 Å². The van der Waals surface area contributed by atoms with Crippen LogP contribution in [0.1, 0.15) is 21.5 Å². The molecule has 5 nitrogen and oxygen atoms in total. The van der Waals surface area contributed by atoms with E-state index in [-0.39, 0.29) is 12.1 Å². The number of rotatable bonds is 4. The summed E-state index contributed by atoms with van der Waals surface area (Å²) in [6.07, 6.45) is -4.45. The molecule has 0 saturated heterocycles. The van der Waals surface area contributed by atoms with Gasteiger partial charge in [0.25, 0.3) is 0 Å². The lowest BCUT2D eigenvalue weighted by molar-refractivity contribution is -0.137. The molecular formula is C17H12F3N3O2S. The van der Waals surface area contributed by atoms with Crippen LogP contribution in [-0.2, 0) is 12.7 Å². The Balaban J connectivity index is 1.91. The Hall–Kier alpha value is -2.94. The summed E-state index contributed by atoms with van der Waals surface area (Å²) in [5.74, 6) is -0.609. The normalized spacial score (nSPS) is 11.5. The van der Waals surface area contributed by atoms with E-state index in [1.807, 2.05) is 0 Å². The first-order valence-corrected chi connectivity index (χ1v) is 8.16. The minimum atomic E-state index is -4.45. The second-order valence-electron chi connectivity index (χ2n) is 5.47. The fraction of sp³-hybridized carbons (Fsp3) is 0.118. The van der Waals surface area contributed by atoms with Gasteiger partial charge >= 0.3 is 11.9 Å². The Morgan fingerprint density at radius 3 is 2.58 bits per heavy atom. The van der Waals surface area contributed by atoms with Crippen LogP contribution in [0.25, 0.3) is 10.6 Å². The van der Waals surface area contributed by atoms with Crippen LogP contribution < -0.4 is 11.4 Å². The molecule has 26 heavy (non-hydrogen) atoms. The molecule has 3 aromatic rings. The van der Waals surface area contributed by atoms with Gasteiger partial charge in [-0.15, -0.1) is 0 Å². The van der Waals surface area contributed by atoms with Crippen LogP contribution in [0.5, 0.6) is 0 Å². The Morgan fingerprint density at radius 2 is 1.88 bits per heavy atom. The van der Waals surface area contributed by atoms with E-state index in [1.54, 1.807) is 12.1 Å². The summed E-state index contributed by atoms with van der Waals surface area (Å²) < 4.78 is 39.6. The number of nitrogens with zero attached hydrogens (tertiary/aromatic N) is 2. The lowest BCUT2D eigenvalue weighted by atomic mass is 10.1. The van der Waals surface area contributed by atoms with Gasteiger partial charge in [0.1, 0.15) is 5.01 Å². The van der Waals surface area contributed by atoms with Crippen LogP contribution in [0.2, 0.25) is 0 Å². The summed E-state index contributed by atoms with van der Waals surface area (Å²) in [6, 6.07) is 11.1. The van der Waals surface area contributed by atoms with Crippen molar-refractivity contribution in [3.05, 3.63) is 75.7 Å². The molecule has 134 valence electrons. The van der Waals surface area contributed by atoms with Crippen molar-refractivity contribution in [3.63, 3.8) is 0 Å². The van der Waals surface area contributed by atoms with E-state index in [9.17, 15) is 22.8 Å². The van der Waals surface area contributed by atoms with Crippen molar-refractivity contribution in [3.8, 4) is 10.6 Å². The molecule has 1 amide bonds. The van der Waals surface area contributed by atoms with E-state index in [0.717, 1.165) is 23.7 Å². The summed E-state index contributed by atoms with van der Waals surface area (Å²) in [5.41, 5.74) is 5.02. The van der Waals surface area contributed by atoms with E-state index in [0.29, 0.717) is 16.1 Å². The number of hydrogen-bond acceptors (Lipinski definition) is 4. The van der Waals surface area contributed by atoms with E-state index >= 15 is 0 Å². The molecule has 0 saturated carbocycles. The zero-order valence-corrected chi connectivity index (χ0v) is 14.0. The number of amides is 1. The largest absolute Gasteiger partial charge is 0.416 e. The number of aromatic nitrogens is 2. The maximum atomic E-state index is 12.8. The topological polar surface area (TPSA) is 78.0 Å². The van der Waals surface area contributed by atoms with Gasteiger partial charge in [0.15, 0.2) is 0 Å². The summed E-state index contributed by atoms with van der Waals surface area (Å²) in [6.45, 7) is -0.0318. The van der Waals surface area contributed by atoms with Crippen molar-refractivity contribution in [2.24, 2.45) is 5.73 Å². The molecule has 0 aliphatic carbocycles. The number of benzene rings is 2. The van der Waals surface area contributed by atoms with Crippen LogP contribution in [0.4, 0.5) is 13.2 Å². The smallest absolute Gasteiger partial charge is 0.366 e. The summed E-state index contributed by atoms with van der Waals surface area (Å²) in [5, 5.41) is 0.352. The summed E-state index contributed by atoms with van der Waals surface area (Å²) in [7, 11) is 0. The molecule has 1 heterocycles. The van der Waals surface area contributed by atoms with E-state index in [1.165, 1.54) is 28.2 Å². The number of primary amides is 1. The standard InChI is InChI=1S/C17H12F3N3O2S/c18-17(19,20)13-6-1-3-10(7-13)9-23-16(25)22-15(26-23)12-5-2-4-11(8-12)14(21)24/h1-8H,9H2,(H2,21,24). The van der Waals surface area contributed by atoms with Crippen LogP contribution in [0.3, 0.4) is 0 Å². The second kappa shape index (κ2) is 6.75. The highest BCUT2D eigenvalue weighted by atomic mass is 32.1. The Kier molecular flexibility index (Phi) is 4.64. The van der Waals surface area contributed by atoms with Crippen LogP contribution in [0.15, 0.2) is 53.3 Å². The molecule has 0 aliphatic rings. The molecule has 1 aromatic heterocycles. The highest BCUT2D eigenvalue weighted by molar-refractivity contribution is 7.09. The second-order valence-corrected chi connectivity index (χ2v) is 6.48. The molecule has 0 spiro atoms. The molecule has 2 aromatic carbocycles. The number of alkyl halides is 3. The lowest BCUT2D eigenvalue weighted by Gasteiger charge is -2.08. The predicted molar refractivity (Wildman–Crippen MR) is 90.9 cm³/mol. The van der Waals surface area contributed by atoms with Gasteiger partial charge in [-0.1, -0.05) is 24.3 Å². The third-order valence-electron chi connectivity index (χ3n) is 3.58. The van der Waals surface area contributed by atoms with E-state index < -0.39 is 23.3 Å². The Bertz CT molecular complexity index is 1020. The minimum absolute atomic E-state index is 0.0318. The number of carbonyl (C=O) groups excluding carboxylic acids is 1. The van der Waals surface area contributed by atoms with Gasteiger partial charge in [-0.3, -0.25) is 4.79 Å². The van der Waals surface area contributed by atoms with Crippen molar-refractivity contribution >= 4 is 17.4 Å². The molecule has 0 atom stereocenters. The van der Waals surface area contributed by atoms with Crippen molar-refractivity contribution in [2.45, 2.75) is 12.7 Å². The fourth-order valence-corrected chi connectivity index (χ4v) is 3.23. The third-order valence-corrected chi connectivity index (χ3v) is 4.59. The molecule has 0 radical (unpaired) electrons. The summed E-state index contributed by atoms with van der Waals surface area (Å²) in [4.78, 5) is 27.2. The first kappa shape index (κ1) is 17.9. The number of hydrogen-bond donors (Lipinski definition) is 1. The number of halogens is 3.